The Morgan fingerprint density at radius 1 is 0.821 bits per heavy atom. The van der Waals surface area contributed by atoms with Gasteiger partial charge in [0, 0.05) is 47.0 Å². The van der Waals surface area contributed by atoms with Crippen molar-refractivity contribution in [2.45, 2.75) is 164 Å². The molecule has 4 saturated heterocycles. The number of rotatable bonds is 18. The first-order chi connectivity index (χ1) is 27.0. The highest BCUT2D eigenvalue weighted by atomic mass is 28.3. The van der Waals surface area contributed by atoms with E-state index in [1.165, 1.54) is 0 Å². The molecule has 7 rings (SSSR count). The normalized spacial score (nSPS) is 34.4. The summed E-state index contributed by atoms with van der Waals surface area (Å²) in [7, 11) is 0.475. The summed E-state index contributed by atoms with van der Waals surface area (Å²) >= 11 is 0. The summed E-state index contributed by atoms with van der Waals surface area (Å²) < 4.78 is 57.6. The first-order valence-electron chi connectivity index (χ1n) is 21.2. The minimum Gasteiger partial charge on any atom is -0.497 e. The van der Waals surface area contributed by atoms with Crippen molar-refractivity contribution >= 4 is 13.9 Å². The summed E-state index contributed by atoms with van der Waals surface area (Å²) in [5.41, 5.74) is 1.08. The van der Waals surface area contributed by atoms with E-state index in [4.69, 9.17) is 42.6 Å². The Morgan fingerprint density at radius 3 is 2.39 bits per heavy atom. The number of hydrogen-bond acceptors (Lipinski definition) is 10. The predicted octanol–water partition coefficient (Wildman–Crippen LogP) is 8.41. The molecule has 1 aliphatic carbocycles. The van der Waals surface area contributed by atoms with Crippen LogP contribution in [0.15, 0.2) is 54.6 Å². The Kier molecular flexibility index (Phi) is 13.8. The Bertz CT molecular complexity index is 1550. The zero-order valence-electron chi connectivity index (χ0n) is 34.5. The maximum atomic E-state index is 13.6. The van der Waals surface area contributed by atoms with Gasteiger partial charge in [0.1, 0.15) is 30.4 Å². The van der Waals surface area contributed by atoms with Crippen LogP contribution in [0.5, 0.6) is 5.75 Å². The molecule has 11 heteroatoms. The van der Waals surface area contributed by atoms with Crippen LogP contribution in [-0.2, 0) is 55.9 Å². The standard InChI is InChI=1S/C45H66O10Si/c1-33-26-45(54-39(30-50-29-34-10-7-6-8-11-34)42(55-45)41(33)51-32-49-24-25-56(3,4)5)27-38-12-9-20-43(52-38)21-22-44(31-43)40(46)18-17-37(53-44)19-23-48-28-35-13-15-36(47-2)16-14-35/h6-8,10-11,13-16,33,37-39,41-42H,9,12,17-32H2,1-5H3/t33-,37+,38-,39+,41-,42-,43-,44-,45+/m1/s1. The lowest BCUT2D eigenvalue weighted by molar-refractivity contribution is -0.264. The summed E-state index contributed by atoms with van der Waals surface area (Å²) in [6.45, 7) is 12.3. The third kappa shape index (κ3) is 10.5. The average molecular weight is 795 g/mol. The second kappa shape index (κ2) is 18.4. The monoisotopic (exact) mass is 794 g/mol. The van der Waals surface area contributed by atoms with E-state index in [0.717, 1.165) is 61.4 Å². The van der Waals surface area contributed by atoms with Crippen LogP contribution in [0.25, 0.3) is 0 Å². The van der Waals surface area contributed by atoms with E-state index in [9.17, 15) is 4.79 Å². The van der Waals surface area contributed by atoms with Crippen LogP contribution in [0.3, 0.4) is 0 Å². The number of hydrogen-bond donors (Lipinski definition) is 0. The highest BCUT2D eigenvalue weighted by Gasteiger charge is 2.60. The van der Waals surface area contributed by atoms with E-state index in [-0.39, 0.29) is 54.6 Å². The molecule has 310 valence electrons. The summed E-state index contributed by atoms with van der Waals surface area (Å²) in [6.07, 6.45) is 7.73. The Balaban J connectivity index is 0.946. The predicted molar refractivity (Wildman–Crippen MR) is 215 cm³/mol. The second-order valence-corrected chi connectivity index (χ2v) is 24.0. The summed E-state index contributed by atoms with van der Waals surface area (Å²) in [5.74, 6) is 0.485. The molecule has 0 unspecified atom stereocenters. The molecule has 2 aromatic rings. The van der Waals surface area contributed by atoms with E-state index in [1.807, 2.05) is 42.5 Å². The molecule has 4 heterocycles. The summed E-state index contributed by atoms with van der Waals surface area (Å²) in [6, 6.07) is 19.3. The smallest absolute Gasteiger partial charge is 0.172 e. The van der Waals surface area contributed by atoms with Crippen LogP contribution in [0.4, 0.5) is 0 Å². The Hall–Kier alpha value is -2.19. The molecule has 1 saturated carbocycles. The number of carbonyl (C=O) groups is 1. The topological polar surface area (TPSA) is 100 Å². The highest BCUT2D eigenvalue weighted by Crippen LogP contribution is 2.53. The van der Waals surface area contributed by atoms with Crippen molar-refractivity contribution in [1.82, 2.24) is 0 Å². The van der Waals surface area contributed by atoms with Crippen molar-refractivity contribution in [3.63, 3.8) is 0 Å². The summed E-state index contributed by atoms with van der Waals surface area (Å²) in [4.78, 5) is 13.6. The van der Waals surface area contributed by atoms with Crippen molar-refractivity contribution in [3.05, 3.63) is 65.7 Å². The van der Waals surface area contributed by atoms with Gasteiger partial charge in [0.25, 0.3) is 0 Å². The van der Waals surface area contributed by atoms with Crippen molar-refractivity contribution in [1.29, 1.82) is 0 Å². The fourth-order valence-corrected chi connectivity index (χ4v) is 10.4. The maximum absolute atomic E-state index is 13.6. The first-order valence-corrected chi connectivity index (χ1v) is 24.9. The summed E-state index contributed by atoms with van der Waals surface area (Å²) in [5, 5.41) is 0. The quantitative estimate of drug-likeness (QED) is 0.0831. The molecule has 0 amide bonds. The van der Waals surface area contributed by atoms with Crippen molar-refractivity contribution in [2.75, 3.05) is 33.7 Å². The van der Waals surface area contributed by atoms with Gasteiger partial charge in [0.15, 0.2) is 11.6 Å². The van der Waals surface area contributed by atoms with Crippen LogP contribution in [0, 0.1) is 5.92 Å². The van der Waals surface area contributed by atoms with Gasteiger partial charge in [0.2, 0.25) is 0 Å². The highest BCUT2D eigenvalue weighted by molar-refractivity contribution is 6.76. The first kappa shape index (κ1) is 41.9. The van der Waals surface area contributed by atoms with Crippen LogP contribution in [0.2, 0.25) is 25.7 Å². The minimum absolute atomic E-state index is 0.000101. The van der Waals surface area contributed by atoms with Gasteiger partial charge in [-0.05, 0) is 80.2 Å². The zero-order chi connectivity index (χ0) is 39.2. The largest absolute Gasteiger partial charge is 0.497 e. The minimum atomic E-state index is -1.19. The van der Waals surface area contributed by atoms with Gasteiger partial charge in [-0.15, -0.1) is 0 Å². The number of methoxy groups -OCH3 is 1. The lowest BCUT2D eigenvalue weighted by Crippen LogP contribution is -2.52. The fraction of sp³-hybridized carbons (Fsp3) is 0.711. The molecule has 9 atom stereocenters. The lowest BCUT2D eigenvalue weighted by atomic mass is 9.82. The molecule has 0 radical (unpaired) electrons. The van der Waals surface area contributed by atoms with E-state index in [2.05, 4.69) is 38.7 Å². The molecular weight excluding hydrogens is 729 g/mol. The molecule has 5 fully saturated rings. The number of benzene rings is 2. The van der Waals surface area contributed by atoms with Gasteiger partial charge in [-0.1, -0.05) is 69.0 Å². The van der Waals surface area contributed by atoms with Crippen molar-refractivity contribution in [2.24, 2.45) is 5.92 Å². The van der Waals surface area contributed by atoms with Crippen molar-refractivity contribution in [3.8, 4) is 5.75 Å². The second-order valence-electron chi connectivity index (χ2n) is 18.4. The zero-order valence-corrected chi connectivity index (χ0v) is 35.5. The third-order valence-electron chi connectivity index (χ3n) is 12.6. The van der Waals surface area contributed by atoms with Gasteiger partial charge in [-0.2, -0.15) is 0 Å². The van der Waals surface area contributed by atoms with E-state index < -0.39 is 19.5 Å². The van der Waals surface area contributed by atoms with E-state index in [1.54, 1.807) is 7.11 Å². The van der Waals surface area contributed by atoms with Gasteiger partial charge >= 0.3 is 0 Å². The molecule has 56 heavy (non-hydrogen) atoms. The molecule has 4 aliphatic heterocycles. The lowest BCUT2D eigenvalue weighted by Gasteiger charge is -2.45. The fourth-order valence-electron chi connectivity index (χ4n) is 9.69. The van der Waals surface area contributed by atoms with Gasteiger partial charge in [-0.3, -0.25) is 4.79 Å². The molecule has 10 nitrogen and oxygen atoms in total. The van der Waals surface area contributed by atoms with Gasteiger partial charge in [0.05, 0.1) is 50.8 Å². The number of ether oxygens (including phenoxy) is 9. The third-order valence-corrected chi connectivity index (χ3v) is 14.4. The van der Waals surface area contributed by atoms with E-state index in [0.29, 0.717) is 65.1 Å². The van der Waals surface area contributed by atoms with Crippen LogP contribution >= 0.6 is 0 Å². The number of fused-ring (bicyclic) bond motifs is 2. The molecule has 5 aliphatic rings. The molecule has 0 N–H and O–H groups in total. The molecule has 2 spiro atoms. The van der Waals surface area contributed by atoms with Gasteiger partial charge < -0.3 is 42.6 Å². The average Bonchev–Trinajstić information content (AvgIpc) is 3.67. The van der Waals surface area contributed by atoms with Crippen LogP contribution < -0.4 is 4.74 Å². The molecule has 0 aromatic heterocycles. The molecular formula is C45H66O10Si. The van der Waals surface area contributed by atoms with Crippen LogP contribution in [0.1, 0.15) is 88.7 Å². The molecule has 2 bridgehead atoms. The number of carbonyl (C=O) groups excluding carboxylic acids is 1. The molecule has 2 aromatic carbocycles. The Labute approximate surface area is 335 Å². The Morgan fingerprint density at radius 2 is 1.61 bits per heavy atom. The number of Topliss-reactive ketones (excluding diaryl/α,β-unsaturated/α-hetero) is 1. The maximum Gasteiger partial charge on any atom is 0.172 e. The van der Waals surface area contributed by atoms with Crippen LogP contribution in [-0.4, -0.2) is 95.1 Å². The van der Waals surface area contributed by atoms with Crippen molar-refractivity contribution < 1.29 is 47.4 Å². The SMILES string of the molecule is COc1ccc(COCC[C@@H]2CCC(=O)[C@]3(CC[C@]4(CCC[C@H](C[C@]56C[C@@H](C)[C@@H](OCOCC[Si](C)(C)C)[C@H](O5)[C@H](COCc5ccccc5)O6)O4)C3)O2)cc1. The van der Waals surface area contributed by atoms with E-state index >= 15 is 0 Å². The van der Waals surface area contributed by atoms with Gasteiger partial charge in [-0.25, -0.2) is 0 Å². The number of ketones is 1.